The number of carbonyl (C=O) groups excluding carboxylic acids is 1. The van der Waals surface area contributed by atoms with Crippen molar-refractivity contribution in [2.75, 3.05) is 19.5 Å². The maximum Gasteiger partial charge on any atom is 0.311 e. The predicted octanol–water partition coefficient (Wildman–Crippen LogP) is 3.54. The number of nitrogens with zero attached hydrogens (tertiary/aromatic N) is 1. The van der Waals surface area contributed by atoms with Gasteiger partial charge in [0.1, 0.15) is 30.5 Å². The van der Waals surface area contributed by atoms with Crippen molar-refractivity contribution in [1.29, 1.82) is 0 Å². The number of carbonyl (C=O) groups is 1. The van der Waals surface area contributed by atoms with Crippen LogP contribution in [0.25, 0.3) is 0 Å². The zero-order valence-corrected chi connectivity index (χ0v) is 18.3. The highest BCUT2D eigenvalue weighted by Crippen LogP contribution is 2.37. The van der Waals surface area contributed by atoms with E-state index in [1.165, 1.54) is 7.11 Å². The Morgan fingerprint density at radius 1 is 1.24 bits per heavy atom. The number of thioether (sulfide) groups is 1. The monoisotopic (exact) mass is 423 g/mol. The minimum Gasteiger partial charge on any atom is -0.453 e. The standard InChI is InChI=1S/C21H29NO6S/c1-6-29-19-15(22-24-5)17(28-20(23)21(2,3)4)16-14(26-19)12-25-18(27-16)13-10-8-7-9-11-13/h7-11,14,16-19H,6,12H2,1-5H3/b22-15-/t14-,16-,17-,18-,19-/m1/s1. The van der Waals surface area contributed by atoms with E-state index < -0.39 is 29.3 Å². The molecule has 29 heavy (non-hydrogen) atoms. The van der Waals surface area contributed by atoms with Crippen LogP contribution < -0.4 is 0 Å². The van der Waals surface area contributed by atoms with Gasteiger partial charge in [0.15, 0.2) is 12.4 Å². The van der Waals surface area contributed by atoms with Crippen LogP contribution in [0.1, 0.15) is 39.5 Å². The van der Waals surface area contributed by atoms with Crippen molar-refractivity contribution in [1.82, 2.24) is 0 Å². The Morgan fingerprint density at radius 3 is 2.59 bits per heavy atom. The zero-order chi connectivity index (χ0) is 21.0. The summed E-state index contributed by atoms with van der Waals surface area (Å²) in [4.78, 5) is 17.8. The van der Waals surface area contributed by atoms with E-state index in [1.54, 1.807) is 11.8 Å². The Morgan fingerprint density at radius 2 is 1.97 bits per heavy atom. The fourth-order valence-electron chi connectivity index (χ4n) is 3.14. The van der Waals surface area contributed by atoms with Crippen LogP contribution >= 0.6 is 11.8 Å². The molecule has 0 bridgehead atoms. The number of hydrogen-bond donors (Lipinski definition) is 0. The summed E-state index contributed by atoms with van der Waals surface area (Å²) in [6.45, 7) is 7.80. The van der Waals surface area contributed by atoms with Gasteiger partial charge in [-0.3, -0.25) is 4.79 Å². The normalized spacial score (nSPS) is 31.2. The van der Waals surface area contributed by atoms with Gasteiger partial charge in [0.25, 0.3) is 0 Å². The Balaban J connectivity index is 1.91. The first-order valence-electron chi connectivity index (χ1n) is 9.76. The van der Waals surface area contributed by atoms with Crippen molar-refractivity contribution in [3.8, 4) is 0 Å². The average molecular weight is 424 g/mol. The number of rotatable bonds is 5. The van der Waals surface area contributed by atoms with Gasteiger partial charge in [0.05, 0.1) is 12.0 Å². The lowest BCUT2D eigenvalue weighted by molar-refractivity contribution is -0.286. The summed E-state index contributed by atoms with van der Waals surface area (Å²) >= 11 is 1.56. The van der Waals surface area contributed by atoms with Crippen LogP contribution in [0.2, 0.25) is 0 Å². The molecule has 3 rings (SSSR count). The third-order valence-electron chi connectivity index (χ3n) is 4.62. The summed E-state index contributed by atoms with van der Waals surface area (Å²) in [7, 11) is 1.47. The second-order valence-corrected chi connectivity index (χ2v) is 9.25. The molecule has 7 nitrogen and oxygen atoms in total. The zero-order valence-electron chi connectivity index (χ0n) is 17.5. The first-order chi connectivity index (χ1) is 13.8. The van der Waals surface area contributed by atoms with Gasteiger partial charge >= 0.3 is 5.97 Å². The summed E-state index contributed by atoms with van der Waals surface area (Å²) in [6, 6.07) is 9.65. The molecule has 0 spiro atoms. The van der Waals surface area contributed by atoms with Crippen LogP contribution in [0, 0.1) is 5.41 Å². The van der Waals surface area contributed by atoms with Crippen LogP contribution in [0.3, 0.4) is 0 Å². The van der Waals surface area contributed by atoms with E-state index in [9.17, 15) is 4.79 Å². The molecule has 2 fully saturated rings. The quantitative estimate of drug-likeness (QED) is 0.530. The summed E-state index contributed by atoms with van der Waals surface area (Å²) in [5.41, 5.74) is 0.331. The van der Waals surface area contributed by atoms with Crippen LogP contribution in [-0.2, 0) is 28.6 Å². The maximum atomic E-state index is 12.7. The molecule has 0 N–H and O–H groups in total. The van der Waals surface area contributed by atoms with E-state index in [0.29, 0.717) is 12.3 Å². The Labute approximate surface area is 176 Å². The number of benzene rings is 1. The fourth-order valence-corrected chi connectivity index (χ4v) is 4.01. The third kappa shape index (κ3) is 5.12. The molecule has 2 saturated heterocycles. The van der Waals surface area contributed by atoms with Crippen molar-refractivity contribution in [3.63, 3.8) is 0 Å². The molecule has 0 saturated carbocycles. The fraction of sp³-hybridized carbons (Fsp3) is 0.619. The summed E-state index contributed by atoms with van der Waals surface area (Å²) in [6.07, 6.45) is -2.23. The Hall–Kier alpha value is -1.61. The SMILES string of the molecule is CCS[C@H]1O[C@@H]2CO[C@@H](c3ccccc3)O[C@H]2[C@H](OC(=O)C(C)(C)C)/C1=N/OC. The number of hydrogen-bond acceptors (Lipinski definition) is 8. The van der Waals surface area contributed by atoms with Crippen LogP contribution in [0.15, 0.2) is 35.5 Å². The molecule has 2 heterocycles. The highest BCUT2D eigenvalue weighted by molar-refractivity contribution is 8.00. The van der Waals surface area contributed by atoms with E-state index >= 15 is 0 Å². The summed E-state index contributed by atoms with van der Waals surface area (Å²) in [5, 5.41) is 4.16. The van der Waals surface area contributed by atoms with Gasteiger partial charge < -0.3 is 23.8 Å². The molecule has 0 aliphatic carbocycles. The largest absolute Gasteiger partial charge is 0.453 e. The molecule has 0 radical (unpaired) electrons. The van der Waals surface area contributed by atoms with Crippen molar-refractivity contribution < 1.29 is 28.6 Å². The van der Waals surface area contributed by atoms with Gasteiger partial charge in [-0.15, -0.1) is 11.8 Å². The second-order valence-electron chi connectivity index (χ2n) is 7.91. The van der Waals surface area contributed by atoms with Gasteiger partial charge in [-0.2, -0.15) is 0 Å². The highest BCUT2D eigenvalue weighted by Gasteiger charge is 2.51. The van der Waals surface area contributed by atoms with E-state index in [1.807, 2.05) is 58.0 Å². The lowest BCUT2D eigenvalue weighted by atomic mass is 9.95. The third-order valence-corrected chi connectivity index (χ3v) is 5.61. The molecule has 0 aromatic heterocycles. The van der Waals surface area contributed by atoms with E-state index in [2.05, 4.69) is 5.16 Å². The predicted molar refractivity (Wildman–Crippen MR) is 111 cm³/mol. The highest BCUT2D eigenvalue weighted by atomic mass is 32.2. The number of fused-ring (bicyclic) bond motifs is 1. The van der Waals surface area contributed by atoms with E-state index in [-0.39, 0.29) is 12.1 Å². The molecular formula is C21H29NO6S. The molecule has 2 aliphatic heterocycles. The molecule has 1 aromatic rings. The molecule has 0 amide bonds. The van der Waals surface area contributed by atoms with Crippen molar-refractivity contribution in [3.05, 3.63) is 35.9 Å². The second kappa shape index (κ2) is 9.47. The van der Waals surface area contributed by atoms with Gasteiger partial charge in [-0.1, -0.05) is 42.4 Å². The lowest BCUT2D eigenvalue weighted by Gasteiger charge is -2.45. The minimum absolute atomic E-state index is 0.328. The molecule has 8 heteroatoms. The average Bonchev–Trinajstić information content (AvgIpc) is 2.70. The molecule has 1 aromatic carbocycles. The molecule has 2 aliphatic rings. The van der Waals surface area contributed by atoms with Crippen molar-refractivity contribution in [2.45, 2.75) is 57.7 Å². The van der Waals surface area contributed by atoms with Crippen molar-refractivity contribution in [2.24, 2.45) is 10.6 Å². The minimum atomic E-state index is -0.723. The smallest absolute Gasteiger partial charge is 0.311 e. The Kier molecular flexibility index (Phi) is 7.21. The molecule has 0 unspecified atom stereocenters. The van der Waals surface area contributed by atoms with Gasteiger partial charge in [0, 0.05) is 5.56 Å². The molecule has 160 valence electrons. The molecular weight excluding hydrogens is 394 g/mol. The van der Waals surface area contributed by atoms with Crippen LogP contribution in [0.4, 0.5) is 0 Å². The number of oxime groups is 1. The summed E-state index contributed by atoms with van der Waals surface area (Å²) < 4.78 is 24.3. The number of esters is 1. The van der Waals surface area contributed by atoms with Gasteiger partial charge in [0.2, 0.25) is 0 Å². The first kappa shape index (κ1) is 22.1. The maximum absolute atomic E-state index is 12.7. The topological polar surface area (TPSA) is 75.6 Å². The Bertz CT molecular complexity index is 720. The van der Waals surface area contributed by atoms with Gasteiger partial charge in [-0.25, -0.2) is 0 Å². The number of ether oxygens (including phenoxy) is 4. The lowest BCUT2D eigenvalue weighted by Crippen LogP contribution is -2.60. The van der Waals surface area contributed by atoms with Gasteiger partial charge in [-0.05, 0) is 26.5 Å². The van der Waals surface area contributed by atoms with Crippen LogP contribution in [0.5, 0.6) is 0 Å². The summed E-state index contributed by atoms with van der Waals surface area (Å²) in [5.74, 6) is 0.470. The van der Waals surface area contributed by atoms with Crippen molar-refractivity contribution >= 4 is 23.4 Å². The van der Waals surface area contributed by atoms with E-state index in [0.717, 1.165) is 11.3 Å². The van der Waals surface area contributed by atoms with E-state index in [4.69, 9.17) is 23.8 Å². The molecule has 5 atom stereocenters. The van der Waals surface area contributed by atoms with Crippen LogP contribution in [-0.4, -0.2) is 54.9 Å². The first-order valence-corrected chi connectivity index (χ1v) is 10.8.